The van der Waals surface area contributed by atoms with E-state index in [2.05, 4.69) is 10.6 Å². The van der Waals surface area contributed by atoms with Crippen molar-refractivity contribution in [3.05, 3.63) is 59.2 Å². The lowest BCUT2D eigenvalue weighted by atomic mass is 10.1. The van der Waals surface area contributed by atoms with Crippen molar-refractivity contribution in [1.82, 2.24) is 5.32 Å². The molecule has 6 heteroatoms. The van der Waals surface area contributed by atoms with E-state index in [0.717, 1.165) is 30.6 Å². The molecule has 1 saturated heterocycles. The maximum Gasteiger partial charge on any atom is 0.265 e. The van der Waals surface area contributed by atoms with Gasteiger partial charge in [-0.1, -0.05) is 30.3 Å². The maximum absolute atomic E-state index is 12.7. The summed E-state index contributed by atoms with van der Waals surface area (Å²) in [5, 5.41) is 5.71. The first-order valence-electron chi connectivity index (χ1n) is 9.98. The molecule has 0 aliphatic carbocycles. The number of para-hydroxylation sites is 2. The van der Waals surface area contributed by atoms with E-state index < -0.39 is 6.10 Å². The van der Waals surface area contributed by atoms with E-state index >= 15 is 0 Å². The Balaban J connectivity index is 1.64. The number of hydrogen-bond donors (Lipinski definition) is 2. The number of anilines is 1. The fourth-order valence-electron chi connectivity index (χ4n) is 3.35. The summed E-state index contributed by atoms with van der Waals surface area (Å²) >= 11 is 0. The zero-order valence-electron chi connectivity index (χ0n) is 17.2. The van der Waals surface area contributed by atoms with Gasteiger partial charge in [-0.2, -0.15) is 0 Å². The number of carbonyl (C=O) groups excluding carboxylic acids is 2. The Hall–Kier alpha value is -2.86. The summed E-state index contributed by atoms with van der Waals surface area (Å²) in [4.78, 5) is 25.3. The standard InChI is InChI=1S/C23H28N2O4/c1-15-8-6-9-16(2)21(15)29-17(3)22(26)25-20-12-5-4-11-19(20)23(27)24-14-18-10-7-13-28-18/h4-6,8-9,11-12,17-18H,7,10,13-14H2,1-3H3,(H,24,27)(H,25,26)/t17-,18-/m0/s1. The molecule has 2 aromatic carbocycles. The van der Waals surface area contributed by atoms with Crippen LogP contribution in [-0.2, 0) is 9.53 Å². The van der Waals surface area contributed by atoms with Gasteiger partial charge in [0.1, 0.15) is 5.75 Å². The predicted molar refractivity (Wildman–Crippen MR) is 112 cm³/mol. The molecule has 154 valence electrons. The van der Waals surface area contributed by atoms with Gasteiger partial charge in [0.05, 0.1) is 17.4 Å². The largest absolute Gasteiger partial charge is 0.480 e. The third-order valence-electron chi connectivity index (χ3n) is 5.02. The fourth-order valence-corrected chi connectivity index (χ4v) is 3.35. The third-order valence-corrected chi connectivity index (χ3v) is 5.02. The molecule has 0 bridgehead atoms. The number of amides is 2. The SMILES string of the molecule is Cc1cccc(C)c1O[C@@H](C)C(=O)Nc1ccccc1C(=O)NC[C@@H]1CCCO1. The van der Waals surface area contributed by atoms with Crippen molar-refractivity contribution >= 4 is 17.5 Å². The van der Waals surface area contributed by atoms with Gasteiger partial charge in [0, 0.05) is 13.2 Å². The number of nitrogens with one attached hydrogen (secondary N) is 2. The lowest BCUT2D eigenvalue weighted by molar-refractivity contribution is -0.122. The topological polar surface area (TPSA) is 76.7 Å². The van der Waals surface area contributed by atoms with Crippen LogP contribution in [0.3, 0.4) is 0 Å². The van der Waals surface area contributed by atoms with Crippen LogP contribution in [0.25, 0.3) is 0 Å². The quantitative estimate of drug-likeness (QED) is 0.749. The molecule has 1 aliphatic heterocycles. The number of ether oxygens (including phenoxy) is 2. The first kappa shape index (κ1) is 20.9. The minimum absolute atomic E-state index is 0.0616. The van der Waals surface area contributed by atoms with E-state index in [-0.39, 0.29) is 17.9 Å². The second kappa shape index (κ2) is 9.56. The molecule has 2 N–H and O–H groups in total. The Kier molecular flexibility index (Phi) is 6.88. The molecule has 6 nitrogen and oxygen atoms in total. The van der Waals surface area contributed by atoms with Crippen LogP contribution < -0.4 is 15.4 Å². The monoisotopic (exact) mass is 396 g/mol. The van der Waals surface area contributed by atoms with Crippen molar-refractivity contribution in [2.75, 3.05) is 18.5 Å². The van der Waals surface area contributed by atoms with Crippen LogP contribution >= 0.6 is 0 Å². The smallest absolute Gasteiger partial charge is 0.265 e. The molecule has 3 rings (SSSR count). The highest BCUT2D eigenvalue weighted by Crippen LogP contribution is 2.24. The molecule has 1 aliphatic rings. The summed E-state index contributed by atoms with van der Waals surface area (Å²) in [6, 6.07) is 12.8. The Morgan fingerprint density at radius 2 is 1.86 bits per heavy atom. The Labute approximate surface area is 171 Å². The van der Waals surface area contributed by atoms with E-state index in [9.17, 15) is 9.59 Å². The van der Waals surface area contributed by atoms with E-state index in [1.54, 1.807) is 31.2 Å². The minimum Gasteiger partial charge on any atom is -0.480 e. The molecule has 1 heterocycles. The van der Waals surface area contributed by atoms with E-state index in [1.165, 1.54) is 0 Å². The lowest BCUT2D eigenvalue weighted by Gasteiger charge is -2.19. The zero-order valence-corrected chi connectivity index (χ0v) is 17.2. The predicted octanol–water partition coefficient (Wildman–Crippen LogP) is 3.62. The van der Waals surface area contributed by atoms with E-state index in [1.807, 2.05) is 32.0 Å². The van der Waals surface area contributed by atoms with Crippen LogP contribution in [0.5, 0.6) is 5.75 Å². The highest BCUT2D eigenvalue weighted by atomic mass is 16.5. The van der Waals surface area contributed by atoms with Gasteiger partial charge < -0.3 is 20.1 Å². The Morgan fingerprint density at radius 1 is 1.14 bits per heavy atom. The number of hydrogen-bond acceptors (Lipinski definition) is 4. The summed E-state index contributed by atoms with van der Waals surface area (Å²) in [5.41, 5.74) is 2.81. The molecule has 0 unspecified atom stereocenters. The third kappa shape index (κ3) is 5.35. The highest BCUT2D eigenvalue weighted by Gasteiger charge is 2.21. The summed E-state index contributed by atoms with van der Waals surface area (Å²) in [6.45, 7) is 6.79. The highest BCUT2D eigenvalue weighted by molar-refractivity contribution is 6.04. The van der Waals surface area contributed by atoms with Crippen molar-refractivity contribution in [3.63, 3.8) is 0 Å². The van der Waals surface area contributed by atoms with Crippen molar-refractivity contribution in [2.45, 2.75) is 45.8 Å². The number of benzene rings is 2. The first-order chi connectivity index (χ1) is 14.0. The number of aryl methyl sites for hydroxylation is 2. The van der Waals surface area contributed by atoms with E-state index in [4.69, 9.17) is 9.47 Å². The van der Waals surface area contributed by atoms with Crippen LogP contribution in [-0.4, -0.2) is 37.2 Å². The van der Waals surface area contributed by atoms with Crippen LogP contribution in [0.15, 0.2) is 42.5 Å². The lowest BCUT2D eigenvalue weighted by Crippen LogP contribution is -2.34. The summed E-state index contributed by atoms with van der Waals surface area (Å²) in [5.74, 6) is 0.157. The van der Waals surface area contributed by atoms with Crippen molar-refractivity contribution in [2.24, 2.45) is 0 Å². The van der Waals surface area contributed by atoms with Crippen LogP contribution in [0.2, 0.25) is 0 Å². The van der Waals surface area contributed by atoms with Gasteiger partial charge in [-0.25, -0.2) is 0 Å². The summed E-state index contributed by atoms with van der Waals surface area (Å²) in [6.07, 6.45) is 1.32. The molecule has 1 fully saturated rings. The number of carbonyl (C=O) groups is 2. The molecule has 29 heavy (non-hydrogen) atoms. The summed E-state index contributed by atoms with van der Waals surface area (Å²) < 4.78 is 11.4. The van der Waals surface area contributed by atoms with Gasteiger partial charge in [0.25, 0.3) is 11.8 Å². The van der Waals surface area contributed by atoms with Crippen LogP contribution in [0.4, 0.5) is 5.69 Å². The van der Waals surface area contributed by atoms with Crippen molar-refractivity contribution < 1.29 is 19.1 Å². The average Bonchev–Trinajstić information content (AvgIpc) is 3.23. The van der Waals surface area contributed by atoms with Crippen molar-refractivity contribution in [3.8, 4) is 5.75 Å². The molecule has 0 radical (unpaired) electrons. The first-order valence-corrected chi connectivity index (χ1v) is 9.98. The molecular formula is C23H28N2O4. The minimum atomic E-state index is -0.710. The Bertz CT molecular complexity index is 855. The van der Waals surface area contributed by atoms with Gasteiger partial charge in [0.2, 0.25) is 0 Å². The van der Waals surface area contributed by atoms with Crippen LogP contribution in [0.1, 0.15) is 41.3 Å². The zero-order chi connectivity index (χ0) is 20.8. The van der Waals surface area contributed by atoms with Gasteiger partial charge in [0.15, 0.2) is 6.10 Å². The molecule has 0 aromatic heterocycles. The Morgan fingerprint density at radius 3 is 2.55 bits per heavy atom. The van der Waals surface area contributed by atoms with Crippen molar-refractivity contribution in [1.29, 1.82) is 0 Å². The number of rotatable bonds is 7. The van der Waals surface area contributed by atoms with E-state index in [0.29, 0.717) is 23.5 Å². The molecule has 0 saturated carbocycles. The molecular weight excluding hydrogens is 368 g/mol. The summed E-state index contributed by atoms with van der Waals surface area (Å²) in [7, 11) is 0. The average molecular weight is 396 g/mol. The molecule has 0 spiro atoms. The molecule has 2 amide bonds. The molecule has 2 atom stereocenters. The van der Waals surface area contributed by atoms with Gasteiger partial charge in [-0.05, 0) is 56.9 Å². The maximum atomic E-state index is 12.7. The van der Waals surface area contributed by atoms with Crippen LogP contribution in [0, 0.1) is 13.8 Å². The second-order valence-electron chi connectivity index (χ2n) is 7.36. The fraction of sp³-hybridized carbons (Fsp3) is 0.391. The van der Waals surface area contributed by atoms with Gasteiger partial charge in [-0.3, -0.25) is 9.59 Å². The second-order valence-corrected chi connectivity index (χ2v) is 7.36. The van der Waals surface area contributed by atoms with Gasteiger partial charge in [-0.15, -0.1) is 0 Å². The normalized spacial score (nSPS) is 16.9. The molecule has 2 aromatic rings. The van der Waals surface area contributed by atoms with Gasteiger partial charge >= 0.3 is 0 Å².